The van der Waals surface area contributed by atoms with Gasteiger partial charge in [-0.15, -0.1) is 12.3 Å². The summed E-state index contributed by atoms with van der Waals surface area (Å²) >= 11 is 0. The van der Waals surface area contributed by atoms with Crippen LogP contribution >= 0.6 is 7.37 Å². The van der Waals surface area contributed by atoms with Gasteiger partial charge < -0.3 is 4.52 Å². The zero-order chi connectivity index (χ0) is 13.6. The molecule has 0 aliphatic carbocycles. The van der Waals surface area contributed by atoms with Gasteiger partial charge in [0.15, 0.2) is 0 Å². The Labute approximate surface area is 113 Å². The van der Waals surface area contributed by atoms with E-state index in [1.807, 2.05) is 60.7 Å². The minimum atomic E-state index is -3.05. The molecule has 2 nitrogen and oxygen atoms in total. The first-order valence-corrected chi connectivity index (χ1v) is 7.69. The van der Waals surface area contributed by atoms with E-state index in [2.05, 4.69) is 5.92 Å². The van der Waals surface area contributed by atoms with Gasteiger partial charge in [-0.2, -0.15) is 0 Å². The molecule has 0 unspecified atom stereocenters. The predicted octanol–water partition coefficient (Wildman–Crippen LogP) is 2.96. The molecule has 0 amide bonds. The van der Waals surface area contributed by atoms with E-state index >= 15 is 0 Å². The molecule has 2 aromatic carbocycles. The highest BCUT2D eigenvalue weighted by Gasteiger charge is 2.27. The molecule has 0 aliphatic rings. The zero-order valence-electron chi connectivity index (χ0n) is 10.5. The van der Waals surface area contributed by atoms with Crippen molar-refractivity contribution in [3.63, 3.8) is 0 Å². The van der Waals surface area contributed by atoms with E-state index in [0.717, 1.165) is 0 Å². The van der Waals surface area contributed by atoms with Crippen LogP contribution in [-0.4, -0.2) is 6.61 Å². The van der Waals surface area contributed by atoms with Gasteiger partial charge in [-0.05, 0) is 24.3 Å². The summed E-state index contributed by atoms with van der Waals surface area (Å²) in [6.45, 7) is 0.289. The molecule has 0 bridgehead atoms. The lowest BCUT2D eigenvalue weighted by Crippen LogP contribution is -2.18. The van der Waals surface area contributed by atoms with Gasteiger partial charge in [-0.1, -0.05) is 36.4 Å². The van der Waals surface area contributed by atoms with Gasteiger partial charge in [0, 0.05) is 17.0 Å². The van der Waals surface area contributed by atoms with Crippen molar-refractivity contribution in [1.82, 2.24) is 0 Å². The molecule has 19 heavy (non-hydrogen) atoms. The lowest BCUT2D eigenvalue weighted by Gasteiger charge is -2.18. The van der Waals surface area contributed by atoms with E-state index in [0.29, 0.717) is 17.0 Å². The molecule has 0 N–H and O–H groups in total. The Bertz CT molecular complexity index is 556. The fourth-order valence-corrected chi connectivity index (χ4v) is 3.85. The fraction of sp³-hybridized carbons (Fsp3) is 0.125. The normalized spacial score (nSPS) is 10.9. The van der Waals surface area contributed by atoms with Crippen molar-refractivity contribution in [2.24, 2.45) is 0 Å². The maximum Gasteiger partial charge on any atom is 0.261 e. The van der Waals surface area contributed by atoms with Crippen LogP contribution in [0.1, 0.15) is 6.42 Å². The third kappa shape index (κ3) is 3.15. The van der Waals surface area contributed by atoms with E-state index in [1.165, 1.54) is 0 Å². The SMILES string of the molecule is C#CCCOP(=O)(c1ccccc1)c1ccccc1. The molecule has 0 saturated heterocycles. The largest absolute Gasteiger partial charge is 0.321 e. The van der Waals surface area contributed by atoms with E-state index in [-0.39, 0.29) is 6.61 Å². The van der Waals surface area contributed by atoms with Crippen LogP contribution in [0.15, 0.2) is 60.7 Å². The average Bonchev–Trinajstić information content (AvgIpc) is 2.49. The Morgan fingerprint density at radius 3 is 1.84 bits per heavy atom. The van der Waals surface area contributed by atoms with Gasteiger partial charge in [0.05, 0.1) is 6.61 Å². The second-order valence-corrected chi connectivity index (χ2v) is 6.40. The van der Waals surface area contributed by atoms with Crippen LogP contribution in [0.2, 0.25) is 0 Å². The maximum atomic E-state index is 13.2. The second kappa shape index (κ2) is 6.38. The second-order valence-electron chi connectivity index (χ2n) is 4.01. The number of terminal acetylenes is 1. The van der Waals surface area contributed by atoms with Gasteiger partial charge >= 0.3 is 0 Å². The van der Waals surface area contributed by atoms with Crippen LogP contribution in [-0.2, 0) is 9.09 Å². The van der Waals surface area contributed by atoms with Crippen molar-refractivity contribution in [2.45, 2.75) is 6.42 Å². The Hall–Kier alpha value is -1.81. The summed E-state index contributed by atoms with van der Waals surface area (Å²) < 4.78 is 18.9. The Morgan fingerprint density at radius 2 is 1.42 bits per heavy atom. The van der Waals surface area contributed by atoms with Crippen molar-refractivity contribution in [3.8, 4) is 12.3 Å². The first-order chi connectivity index (χ1) is 9.27. The van der Waals surface area contributed by atoms with Crippen LogP contribution in [0.25, 0.3) is 0 Å². The predicted molar refractivity (Wildman–Crippen MR) is 79.2 cm³/mol. The molecular formula is C16H15O2P. The molecule has 0 radical (unpaired) electrons. The maximum absolute atomic E-state index is 13.2. The van der Waals surface area contributed by atoms with E-state index in [1.54, 1.807) is 0 Å². The van der Waals surface area contributed by atoms with E-state index in [4.69, 9.17) is 10.9 Å². The lowest BCUT2D eigenvalue weighted by molar-refractivity contribution is 0.336. The number of benzene rings is 2. The number of hydrogen-bond donors (Lipinski definition) is 0. The molecule has 0 heterocycles. The number of hydrogen-bond acceptors (Lipinski definition) is 2. The molecule has 0 atom stereocenters. The fourth-order valence-electron chi connectivity index (χ4n) is 1.78. The van der Waals surface area contributed by atoms with Gasteiger partial charge in [0.25, 0.3) is 7.37 Å². The summed E-state index contributed by atoms with van der Waals surface area (Å²) in [5.74, 6) is 2.50. The Balaban J connectivity index is 2.40. The average molecular weight is 270 g/mol. The van der Waals surface area contributed by atoms with E-state index in [9.17, 15) is 4.57 Å². The molecule has 3 heteroatoms. The molecule has 0 saturated carbocycles. The highest BCUT2D eigenvalue weighted by molar-refractivity contribution is 7.74. The summed E-state index contributed by atoms with van der Waals surface area (Å²) in [5.41, 5.74) is 0. The van der Waals surface area contributed by atoms with Gasteiger partial charge in [0.1, 0.15) is 0 Å². The van der Waals surface area contributed by atoms with Crippen LogP contribution in [0.4, 0.5) is 0 Å². The van der Waals surface area contributed by atoms with Crippen molar-refractivity contribution in [3.05, 3.63) is 60.7 Å². The topological polar surface area (TPSA) is 26.3 Å². The van der Waals surface area contributed by atoms with Gasteiger partial charge in [-0.3, -0.25) is 4.57 Å². The molecule has 2 aromatic rings. The molecule has 0 aromatic heterocycles. The Morgan fingerprint density at radius 1 is 0.947 bits per heavy atom. The third-order valence-corrected chi connectivity index (χ3v) is 5.21. The van der Waals surface area contributed by atoms with Crippen molar-refractivity contribution in [2.75, 3.05) is 6.61 Å². The summed E-state index contributed by atoms with van der Waals surface area (Å²) in [7, 11) is -3.05. The minimum absolute atomic E-state index is 0.289. The first kappa shape index (κ1) is 13.6. The quantitative estimate of drug-likeness (QED) is 0.474. The van der Waals surface area contributed by atoms with Gasteiger partial charge in [0.2, 0.25) is 0 Å². The third-order valence-electron chi connectivity index (χ3n) is 2.71. The summed E-state index contributed by atoms with van der Waals surface area (Å²) in [5, 5.41) is 1.39. The van der Waals surface area contributed by atoms with Crippen molar-refractivity contribution < 1.29 is 9.09 Å². The summed E-state index contributed by atoms with van der Waals surface area (Å²) in [4.78, 5) is 0. The molecule has 0 fully saturated rings. The number of rotatable bonds is 5. The minimum Gasteiger partial charge on any atom is -0.321 e. The van der Waals surface area contributed by atoms with Crippen molar-refractivity contribution >= 4 is 18.0 Å². The van der Waals surface area contributed by atoms with Crippen LogP contribution in [0.3, 0.4) is 0 Å². The molecule has 2 rings (SSSR count). The van der Waals surface area contributed by atoms with Crippen LogP contribution in [0.5, 0.6) is 0 Å². The van der Waals surface area contributed by atoms with Crippen LogP contribution < -0.4 is 10.6 Å². The molecule has 96 valence electrons. The molecular weight excluding hydrogens is 255 g/mol. The Kier molecular flexibility index (Phi) is 4.58. The monoisotopic (exact) mass is 270 g/mol. The highest BCUT2D eigenvalue weighted by atomic mass is 31.2. The molecule has 0 aliphatic heterocycles. The zero-order valence-corrected chi connectivity index (χ0v) is 11.4. The molecule has 0 spiro atoms. The van der Waals surface area contributed by atoms with Gasteiger partial charge in [-0.25, -0.2) is 0 Å². The smallest absolute Gasteiger partial charge is 0.261 e. The summed E-state index contributed by atoms with van der Waals surface area (Å²) in [6.07, 6.45) is 5.66. The summed E-state index contributed by atoms with van der Waals surface area (Å²) in [6, 6.07) is 18.5. The van der Waals surface area contributed by atoms with Crippen LogP contribution in [0, 0.1) is 12.3 Å². The van der Waals surface area contributed by atoms with E-state index < -0.39 is 7.37 Å². The lowest BCUT2D eigenvalue weighted by atomic mass is 10.4. The first-order valence-electron chi connectivity index (χ1n) is 6.06. The highest BCUT2D eigenvalue weighted by Crippen LogP contribution is 2.44. The standard InChI is InChI=1S/C16H15O2P/c1-2-3-14-18-19(17,15-10-6-4-7-11-15)16-12-8-5-9-13-16/h1,4-13H,3,14H2. The van der Waals surface area contributed by atoms with Crippen molar-refractivity contribution in [1.29, 1.82) is 0 Å².